The van der Waals surface area contributed by atoms with Gasteiger partial charge in [-0.15, -0.1) is 11.3 Å². The Morgan fingerprint density at radius 3 is 2.91 bits per heavy atom. The number of nitrogens with zero attached hydrogens (tertiary/aromatic N) is 1. The highest BCUT2D eigenvalue weighted by Crippen LogP contribution is 2.47. The number of thiophene rings is 1. The standard InChI is InChI=1S/C17H17ClN2OS/c18-15-13-3-1-2-4-14(13)22-16(15)17(21)20-19-9-12-8-10-5-6-11(12)7-10/h1-4,9-12H,5-8H2,(H,20,21)/t10-,11-,12+/m0/s1. The minimum absolute atomic E-state index is 0.217. The highest BCUT2D eigenvalue weighted by molar-refractivity contribution is 7.21. The summed E-state index contributed by atoms with van der Waals surface area (Å²) in [7, 11) is 0. The summed E-state index contributed by atoms with van der Waals surface area (Å²) in [6, 6.07) is 7.78. The van der Waals surface area contributed by atoms with E-state index in [1.165, 1.54) is 37.0 Å². The van der Waals surface area contributed by atoms with Gasteiger partial charge >= 0.3 is 0 Å². The first-order valence-corrected chi connectivity index (χ1v) is 8.92. The van der Waals surface area contributed by atoms with E-state index in [1.54, 1.807) is 0 Å². The molecule has 2 saturated carbocycles. The van der Waals surface area contributed by atoms with Crippen LogP contribution in [0, 0.1) is 17.8 Å². The highest BCUT2D eigenvalue weighted by Gasteiger charge is 2.38. The number of benzene rings is 1. The quantitative estimate of drug-likeness (QED) is 0.642. The third-order valence-electron chi connectivity index (χ3n) is 4.97. The van der Waals surface area contributed by atoms with E-state index in [9.17, 15) is 4.79 Å². The van der Waals surface area contributed by atoms with Crippen molar-refractivity contribution in [1.82, 2.24) is 5.43 Å². The lowest BCUT2D eigenvalue weighted by Gasteiger charge is -2.16. The summed E-state index contributed by atoms with van der Waals surface area (Å²) in [5.74, 6) is 1.98. The molecule has 1 N–H and O–H groups in total. The van der Waals surface area contributed by atoms with E-state index in [-0.39, 0.29) is 5.91 Å². The van der Waals surface area contributed by atoms with Crippen molar-refractivity contribution in [2.75, 3.05) is 0 Å². The van der Waals surface area contributed by atoms with E-state index in [1.807, 2.05) is 30.5 Å². The number of hydrazone groups is 1. The second-order valence-corrected chi connectivity index (χ2v) is 7.73. The molecule has 1 aromatic carbocycles. The van der Waals surface area contributed by atoms with E-state index in [4.69, 9.17) is 11.6 Å². The average Bonchev–Trinajstić information content (AvgIpc) is 3.22. The Labute approximate surface area is 138 Å². The summed E-state index contributed by atoms with van der Waals surface area (Å²) >= 11 is 7.72. The monoisotopic (exact) mass is 332 g/mol. The molecular weight excluding hydrogens is 316 g/mol. The number of fused-ring (bicyclic) bond motifs is 3. The maximum atomic E-state index is 12.3. The molecular formula is C17H17ClN2OS. The molecule has 1 heterocycles. The SMILES string of the molecule is O=C(NN=C[C@H]1C[C@H]2CC[C@H]1C2)c1sc2ccccc2c1Cl. The van der Waals surface area contributed by atoms with Crippen LogP contribution in [0.3, 0.4) is 0 Å². The molecule has 22 heavy (non-hydrogen) atoms. The number of carbonyl (C=O) groups excluding carboxylic acids is 1. The van der Waals surface area contributed by atoms with Gasteiger partial charge in [0.15, 0.2) is 0 Å². The van der Waals surface area contributed by atoms with Gasteiger partial charge in [0.2, 0.25) is 0 Å². The van der Waals surface area contributed by atoms with Gasteiger partial charge in [0.1, 0.15) is 4.88 Å². The molecule has 3 atom stereocenters. The van der Waals surface area contributed by atoms with Crippen LogP contribution in [-0.2, 0) is 0 Å². The van der Waals surface area contributed by atoms with Crippen LogP contribution in [0.2, 0.25) is 5.02 Å². The topological polar surface area (TPSA) is 41.5 Å². The van der Waals surface area contributed by atoms with Crippen LogP contribution in [0.15, 0.2) is 29.4 Å². The number of hydrogen-bond donors (Lipinski definition) is 1. The number of hydrogen-bond acceptors (Lipinski definition) is 3. The molecule has 2 aliphatic rings. The van der Waals surface area contributed by atoms with E-state index in [0.29, 0.717) is 15.8 Å². The minimum Gasteiger partial charge on any atom is -0.266 e. The Hall–Kier alpha value is -1.39. The van der Waals surface area contributed by atoms with Crippen LogP contribution in [0.4, 0.5) is 0 Å². The maximum Gasteiger partial charge on any atom is 0.282 e. The first-order valence-electron chi connectivity index (χ1n) is 7.73. The van der Waals surface area contributed by atoms with Gasteiger partial charge < -0.3 is 0 Å². The van der Waals surface area contributed by atoms with E-state index < -0.39 is 0 Å². The summed E-state index contributed by atoms with van der Waals surface area (Å²) in [4.78, 5) is 12.8. The molecule has 2 bridgehead atoms. The highest BCUT2D eigenvalue weighted by atomic mass is 35.5. The molecule has 0 spiro atoms. The molecule has 1 aromatic heterocycles. The number of nitrogens with one attached hydrogen (secondary N) is 1. The third kappa shape index (κ3) is 2.44. The second-order valence-electron chi connectivity index (χ2n) is 6.30. The average molecular weight is 333 g/mol. The Bertz CT molecular complexity index is 754. The molecule has 0 aliphatic heterocycles. The lowest BCUT2D eigenvalue weighted by atomic mass is 9.90. The largest absolute Gasteiger partial charge is 0.282 e. The number of amides is 1. The summed E-state index contributed by atoms with van der Waals surface area (Å²) in [5, 5.41) is 5.63. The third-order valence-corrected chi connectivity index (χ3v) is 6.64. The van der Waals surface area contributed by atoms with E-state index in [2.05, 4.69) is 10.5 Å². The molecule has 0 radical (unpaired) electrons. The number of carbonyl (C=O) groups is 1. The maximum absolute atomic E-state index is 12.3. The fourth-order valence-corrected chi connectivity index (χ4v) is 5.29. The van der Waals surface area contributed by atoms with Crippen molar-refractivity contribution >= 4 is 45.1 Å². The van der Waals surface area contributed by atoms with Gasteiger partial charge in [0.05, 0.1) is 5.02 Å². The molecule has 114 valence electrons. The molecule has 2 aromatic rings. The van der Waals surface area contributed by atoms with Gasteiger partial charge in [0.25, 0.3) is 5.91 Å². The first kappa shape index (κ1) is 14.2. The van der Waals surface area contributed by atoms with Crippen LogP contribution < -0.4 is 5.43 Å². The predicted molar refractivity (Wildman–Crippen MR) is 91.7 cm³/mol. The second kappa shape index (κ2) is 5.67. The van der Waals surface area contributed by atoms with Crippen molar-refractivity contribution in [2.45, 2.75) is 25.7 Å². The van der Waals surface area contributed by atoms with Crippen molar-refractivity contribution in [2.24, 2.45) is 22.9 Å². The summed E-state index contributed by atoms with van der Waals surface area (Å²) in [6.45, 7) is 0. The van der Waals surface area contributed by atoms with Gasteiger partial charge in [-0.1, -0.05) is 36.2 Å². The summed E-state index contributed by atoms with van der Waals surface area (Å²) < 4.78 is 1.02. The van der Waals surface area contributed by atoms with Gasteiger partial charge in [-0.25, -0.2) is 5.43 Å². The molecule has 5 heteroatoms. The predicted octanol–water partition coefficient (Wildman–Crippen LogP) is 4.71. The van der Waals surface area contributed by atoms with Gasteiger partial charge in [-0.2, -0.15) is 5.10 Å². The van der Waals surface area contributed by atoms with Crippen molar-refractivity contribution < 1.29 is 4.79 Å². The Morgan fingerprint density at radius 1 is 1.32 bits per heavy atom. The van der Waals surface area contributed by atoms with Gasteiger partial charge in [0, 0.05) is 16.3 Å². The summed E-state index contributed by atoms with van der Waals surface area (Å²) in [5.41, 5.74) is 2.64. The zero-order valence-corrected chi connectivity index (χ0v) is 13.7. The Kier molecular flexibility index (Phi) is 3.66. The van der Waals surface area contributed by atoms with Crippen LogP contribution in [0.1, 0.15) is 35.4 Å². The smallest absolute Gasteiger partial charge is 0.266 e. The fraction of sp³-hybridized carbons (Fsp3) is 0.412. The zero-order chi connectivity index (χ0) is 15.1. The summed E-state index contributed by atoms with van der Waals surface area (Å²) in [6.07, 6.45) is 7.19. The Balaban J connectivity index is 1.46. The lowest BCUT2D eigenvalue weighted by molar-refractivity contribution is 0.0959. The van der Waals surface area contributed by atoms with Crippen molar-refractivity contribution in [3.63, 3.8) is 0 Å². The fourth-order valence-electron chi connectivity index (χ4n) is 3.88. The molecule has 2 aliphatic carbocycles. The minimum atomic E-state index is -0.217. The number of rotatable bonds is 3. The van der Waals surface area contributed by atoms with Crippen molar-refractivity contribution in [3.05, 3.63) is 34.2 Å². The molecule has 3 nitrogen and oxygen atoms in total. The van der Waals surface area contributed by atoms with Crippen LogP contribution in [0.25, 0.3) is 10.1 Å². The molecule has 1 amide bonds. The number of halogens is 1. The molecule has 2 fully saturated rings. The van der Waals surface area contributed by atoms with E-state index >= 15 is 0 Å². The molecule has 4 rings (SSSR count). The Morgan fingerprint density at radius 2 is 2.18 bits per heavy atom. The normalized spacial score (nSPS) is 27.0. The van der Waals surface area contributed by atoms with E-state index in [0.717, 1.165) is 21.9 Å². The first-order chi connectivity index (χ1) is 10.7. The molecule has 0 saturated heterocycles. The van der Waals surface area contributed by atoms with Crippen molar-refractivity contribution in [1.29, 1.82) is 0 Å². The van der Waals surface area contributed by atoms with Crippen molar-refractivity contribution in [3.8, 4) is 0 Å². The molecule has 0 unspecified atom stereocenters. The zero-order valence-electron chi connectivity index (χ0n) is 12.1. The van der Waals surface area contributed by atoms with Gasteiger partial charge in [-0.05, 0) is 43.1 Å². The van der Waals surface area contributed by atoms with Crippen LogP contribution in [0.5, 0.6) is 0 Å². The van der Waals surface area contributed by atoms with Crippen LogP contribution >= 0.6 is 22.9 Å². The van der Waals surface area contributed by atoms with Crippen LogP contribution in [-0.4, -0.2) is 12.1 Å². The van der Waals surface area contributed by atoms with Gasteiger partial charge in [-0.3, -0.25) is 4.79 Å². The lowest BCUT2D eigenvalue weighted by Crippen LogP contribution is -2.19.